The van der Waals surface area contributed by atoms with Crippen LogP contribution in [0, 0.1) is 0 Å². The maximum Gasteiger partial charge on any atom is 0.337 e. The summed E-state index contributed by atoms with van der Waals surface area (Å²) < 4.78 is 6.35. The molecular weight excluding hydrogens is 270 g/mol. The Morgan fingerprint density at radius 3 is 2.62 bits per heavy atom. The van der Waals surface area contributed by atoms with Gasteiger partial charge in [0.2, 0.25) is 5.91 Å². The van der Waals surface area contributed by atoms with Gasteiger partial charge in [-0.3, -0.25) is 9.48 Å². The normalized spacial score (nSPS) is 11.7. The van der Waals surface area contributed by atoms with Gasteiger partial charge in [-0.1, -0.05) is 0 Å². The Morgan fingerprint density at radius 2 is 2.05 bits per heavy atom. The fourth-order valence-electron chi connectivity index (χ4n) is 1.92. The maximum atomic E-state index is 11.9. The van der Waals surface area contributed by atoms with E-state index in [1.165, 1.54) is 7.11 Å². The second-order valence-corrected chi connectivity index (χ2v) is 4.66. The smallest absolute Gasteiger partial charge is 0.337 e. The zero-order valence-electron chi connectivity index (χ0n) is 11.9. The number of hydrogen-bond acceptors (Lipinski definition) is 4. The Labute approximate surface area is 122 Å². The van der Waals surface area contributed by atoms with Gasteiger partial charge in [-0.2, -0.15) is 5.10 Å². The molecule has 0 saturated carbocycles. The van der Waals surface area contributed by atoms with E-state index in [2.05, 4.69) is 15.2 Å². The maximum absolute atomic E-state index is 11.9. The number of ether oxygens (including phenoxy) is 1. The van der Waals surface area contributed by atoms with Gasteiger partial charge in [0.1, 0.15) is 0 Å². The predicted molar refractivity (Wildman–Crippen MR) is 78.0 cm³/mol. The van der Waals surface area contributed by atoms with Crippen molar-refractivity contribution in [2.75, 3.05) is 12.4 Å². The van der Waals surface area contributed by atoms with Gasteiger partial charge in [0.05, 0.1) is 18.7 Å². The molecule has 0 spiro atoms. The van der Waals surface area contributed by atoms with Crippen molar-refractivity contribution < 1.29 is 14.3 Å². The summed E-state index contributed by atoms with van der Waals surface area (Å²) in [7, 11) is 1.33. The number of amides is 1. The van der Waals surface area contributed by atoms with Crippen LogP contribution in [0.2, 0.25) is 0 Å². The summed E-state index contributed by atoms with van der Waals surface area (Å²) in [4.78, 5) is 23.3. The van der Waals surface area contributed by atoms with Gasteiger partial charge in [0, 0.05) is 24.5 Å². The third kappa shape index (κ3) is 3.92. The highest BCUT2D eigenvalue weighted by Gasteiger charge is 2.11. The largest absolute Gasteiger partial charge is 0.465 e. The van der Waals surface area contributed by atoms with Gasteiger partial charge < -0.3 is 10.1 Å². The molecule has 6 nitrogen and oxygen atoms in total. The molecule has 0 aliphatic heterocycles. The monoisotopic (exact) mass is 287 g/mol. The van der Waals surface area contributed by atoms with Gasteiger partial charge in [-0.15, -0.1) is 0 Å². The Hall–Kier alpha value is -2.63. The van der Waals surface area contributed by atoms with Crippen LogP contribution in [0.3, 0.4) is 0 Å². The molecule has 1 unspecified atom stereocenters. The van der Waals surface area contributed by atoms with Gasteiger partial charge in [-0.05, 0) is 37.3 Å². The first-order valence-corrected chi connectivity index (χ1v) is 6.57. The summed E-state index contributed by atoms with van der Waals surface area (Å²) in [5, 5.41) is 6.89. The van der Waals surface area contributed by atoms with Gasteiger partial charge >= 0.3 is 5.97 Å². The SMILES string of the molecule is COC(=O)c1ccc(NC(=O)CC(C)n2cccn2)cc1. The minimum absolute atomic E-state index is 0.0191. The molecule has 1 amide bonds. The lowest BCUT2D eigenvalue weighted by Crippen LogP contribution is -2.17. The summed E-state index contributed by atoms with van der Waals surface area (Å²) in [5.74, 6) is -0.510. The average Bonchev–Trinajstić information content (AvgIpc) is 3.01. The molecular formula is C15H17N3O3. The summed E-state index contributed by atoms with van der Waals surface area (Å²) in [5.41, 5.74) is 1.08. The lowest BCUT2D eigenvalue weighted by atomic mass is 10.2. The molecule has 1 heterocycles. The summed E-state index contributed by atoms with van der Waals surface area (Å²) >= 11 is 0. The van der Waals surface area contributed by atoms with Crippen molar-refractivity contribution >= 4 is 17.6 Å². The fourth-order valence-corrected chi connectivity index (χ4v) is 1.92. The highest BCUT2D eigenvalue weighted by atomic mass is 16.5. The van der Waals surface area contributed by atoms with Crippen LogP contribution >= 0.6 is 0 Å². The van der Waals surface area contributed by atoms with Gasteiger partial charge in [0.15, 0.2) is 0 Å². The Morgan fingerprint density at radius 1 is 1.33 bits per heavy atom. The van der Waals surface area contributed by atoms with Crippen molar-refractivity contribution in [1.82, 2.24) is 9.78 Å². The van der Waals surface area contributed by atoms with E-state index >= 15 is 0 Å². The van der Waals surface area contributed by atoms with E-state index in [4.69, 9.17) is 0 Å². The van der Waals surface area contributed by atoms with Crippen LogP contribution in [0.15, 0.2) is 42.7 Å². The molecule has 2 rings (SSSR count). The molecule has 21 heavy (non-hydrogen) atoms. The predicted octanol–water partition coefficient (Wildman–Crippen LogP) is 2.26. The molecule has 0 radical (unpaired) electrons. The van der Waals surface area contributed by atoms with Crippen molar-refractivity contribution in [3.05, 3.63) is 48.3 Å². The van der Waals surface area contributed by atoms with Crippen molar-refractivity contribution in [2.24, 2.45) is 0 Å². The molecule has 1 N–H and O–H groups in total. The molecule has 0 bridgehead atoms. The molecule has 0 aliphatic carbocycles. The molecule has 0 saturated heterocycles. The number of rotatable bonds is 5. The number of nitrogens with zero attached hydrogens (tertiary/aromatic N) is 2. The molecule has 1 aromatic heterocycles. The summed E-state index contributed by atoms with van der Waals surface area (Å²) in [6.45, 7) is 1.92. The lowest BCUT2D eigenvalue weighted by Gasteiger charge is -2.12. The number of methoxy groups -OCH3 is 1. The lowest BCUT2D eigenvalue weighted by molar-refractivity contribution is -0.116. The van der Waals surface area contributed by atoms with Crippen LogP contribution < -0.4 is 5.32 Å². The minimum Gasteiger partial charge on any atom is -0.465 e. The molecule has 1 aromatic carbocycles. The van der Waals surface area contributed by atoms with Crippen molar-refractivity contribution in [1.29, 1.82) is 0 Å². The Kier molecular flexibility index (Phi) is 4.71. The van der Waals surface area contributed by atoms with E-state index in [0.29, 0.717) is 17.7 Å². The molecule has 2 aromatic rings. The fraction of sp³-hybridized carbons (Fsp3) is 0.267. The number of nitrogens with one attached hydrogen (secondary N) is 1. The molecule has 0 fully saturated rings. The zero-order valence-corrected chi connectivity index (χ0v) is 11.9. The standard InChI is InChI=1S/C15H17N3O3/c1-11(18-9-3-8-16-18)10-14(19)17-13-6-4-12(5-7-13)15(20)21-2/h3-9,11H,10H2,1-2H3,(H,17,19). The first kappa shape index (κ1) is 14.8. The quantitative estimate of drug-likeness (QED) is 0.856. The van der Waals surface area contributed by atoms with Crippen LogP contribution in [-0.2, 0) is 9.53 Å². The molecule has 6 heteroatoms. The van der Waals surface area contributed by atoms with E-state index in [0.717, 1.165) is 0 Å². The van der Waals surface area contributed by atoms with E-state index in [1.807, 2.05) is 19.2 Å². The molecule has 1 atom stereocenters. The zero-order chi connectivity index (χ0) is 15.2. The minimum atomic E-state index is -0.403. The second kappa shape index (κ2) is 6.69. The van der Waals surface area contributed by atoms with E-state index in [9.17, 15) is 9.59 Å². The number of anilines is 1. The number of hydrogen-bond donors (Lipinski definition) is 1. The van der Waals surface area contributed by atoms with Crippen LogP contribution in [0.5, 0.6) is 0 Å². The number of carbonyl (C=O) groups is 2. The first-order chi connectivity index (χ1) is 10.1. The number of esters is 1. The molecule has 110 valence electrons. The number of aromatic nitrogens is 2. The highest BCUT2D eigenvalue weighted by Crippen LogP contribution is 2.13. The highest BCUT2D eigenvalue weighted by molar-refractivity contribution is 5.93. The summed E-state index contributed by atoms with van der Waals surface area (Å²) in [6, 6.07) is 8.36. The van der Waals surface area contributed by atoms with E-state index < -0.39 is 5.97 Å². The third-order valence-corrected chi connectivity index (χ3v) is 3.05. The second-order valence-electron chi connectivity index (χ2n) is 4.66. The number of benzene rings is 1. The van der Waals surface area contributed by atoms with Crippen molar-refractivity contribution in [3.8, 4) is 0 Å². The van der Waals surface area contributed by atoms with E-state index in [-0.39, 0.29) is 11.9 Å². The number of carbonyl (C=O) groups excluding carboxylic acids is 2. The third-order valence-electron chi connectivity index (χ3n) is 3.05. The van der Waals surface area contributed by atoms with Crippen LogP contribution in [0.4, 0.5) is 5.69 Å². The van der Waals surface area contributed by atoms with Gasteiger partial charge in [0.25, 0.3) is 0 Å². The van der Waals surface area contributed by atoms with Crippen molar-refractivity contribution in [3.63, 3.8) is 0 Å². The first-order valence-electron chi connectivity index (χ1n) is 6.57. The van der Waals surface area contributed by atoms with Gasteiger partial charge in [-0.25, -0.2) is 4.79 Å². The Balaban J connectivity index is 1.92. The van der Waals surface area contributed by atoms with Crippen molar-refractivity contribution in [2.45, 2.75) is 19.4 Å². The molecule has 0 aliphatic rings. The van der Waals surface area contributed by atoms with Crippen LogP contribution in [0.1, 0.15) is 29.7 Å². The Bertz CT molecular complexity index is 606. The summed E-state index contributed by atoms with van der Waals surface area (Å²) in [6.07, 6.45) is 3.82. The van der Waals surface area contributed by atoms with Crippen LogP contribution in [-0.4, -0.2) is 28.8 Å². The topological polar surface area (TPSA) is 73.2 Å². The van der Waals surface area contributed by atoms with Crippen LogP contribution in [0.25, 0.3) is 0 Å². The van der Waals surface area contributed by atoms with E-state index in [1.54, 1.807) is 35.1 Å². The average molecular weight is 287 g/mol.